The Labute approximate surface area is 160 Å². The third-order valence-corrected chi connectivity index (χ3v) is 3.84. The van der Waals surface area contributed by atoms with Gasteiger partial charge in [0.2, 0.25) is 5.95 Å². The van der Waals surface area contributed by atoms with Gasteiger partial charge in [0.05, 0.1) is 18.0 Å². The van der Waals surface area contributed by atoms with Gasteiger partial charge >= 0.3 is 0 Å². The van der Waals surface area contributed by atoms with Crippen LogP contribution in [0.4, 0.5) is 17.5 Å². The van der Waals surface area contributed by atoms with Crippen LogP contribution in [0, 0.1) is 0 Å². The second-order valence-corrected chi connectivity index (χ2v) is 6.47. The van der Waals surface area contributed by atoms with Gasteiger partial charge in [-0.15, -0.1) is 5.10 Å². The van der Waals surface area contributed by atoms with E-state index in [2.05, 4.69) is 50.1 Å². The van der Waals surface area contributed by atoms with Gasteiger partial charge in [0.15, 0.2) is 5.82 Å². The molecular formula is C21H25N5O. The number of aryl methyl sites for hydroxylation is 1. The molecule has 0 saturated carbocycles. The Morgan fingerprint density at radius 3 is 2.59 bits per heavy atom. The van der Waals surface area contributed by atoms with Crippen LogP contribution in [0.1, 0.15) is 25.8 Å². The predicted molar refractivity (Wildman–Crippen MR) is 109 cm³/mol. The van der Waals surface area contributed by atoms with Crippen molar-refractivity contribution < 1.29 is 4.74 Å². The molecule has 0 aliphatic rings. The van der Waals surface area contributed by atoms with Gasteiger partial charge in [-0.3, -0.25) is 0 Å². The highest BCUT2D eigenvalue weighted by Gasteiger charge is 2.07. The van der Waals surface area contributed by atoms with E-state index in [0.29, 0.717) is 11.8 Å². The summed E-state index contributed by atoms with van der Waals surface area (Å²) in [7, 11) is 0. The molecule has 140 valence electrons. The normalized spacial score (nSPS) is 10.6. The molecular weight excluding hydrogens is 338 g/mol. The fourth-order valence-electron chi connectivity index (χ4n) is 2.64. The average Bonchev–Trinajstić information content (AvgIpc) is 2.68. The Morgan fingerprint density at radius 1 is 1.00 bits per heavy atom. The van der Waals surface area contributed by atoms with E-state index in [9.17, 15) is 0 Å². The first kappa shape index (κ1) is 18.6. The summed E-state index contributed by atoms with van der Waals surface area (Å²) >= 11 is 0. The molecule has 0 bridgehead atoms. The molecule has 6 heteroatoms. The fourth-order valence-corrected chi connectivity index (χ4v) is 2.64. The van der Waals surface area contributed by atoms with E-state index < -0.39 is 0 Å². The lowest BCUT2D eigenvalue weighted by Crippen LogP contribution is -2.10. The van der Waals surface area contributed by atoms with Gasteiger partial charge < -0.3 is 15.4 Å². The molecule has 1 aromatic heterocycles. The number of anilines is 3. The number of ether oxygens (including phenoxy) is 1. The molecule has 0 fully saturated rings. The zero-order chi connectivity index (χ0) is 18.9. The van der Waals surface area contributed by atoms with Crippen molar-refractivity contribution in [3.05, 3.63) is 66.4 Å². The lowest BCUT2D eigenvalue weighted by molar-refractivity contribution is 0.244. The molecule has 0 spiro atoms. The van der Waals surface area contributed by atoms with Gasteiger partial charge in [0.1, 0.15) is 5.75 Å². The number of benzene rings is 2. The van der Waals surface area contributed by atoms with Gasteiger partial charge in [-0.25, -0.2) is 0 Å². The van der Waals surface area contributed by atoms with Crippen LogP contribution < -0.4 is 15.4 Å². The molecule has 2 aromatic carbocycles. The van der Waals surface area contributed by atoms with Gasteiger partial charge in [0.25, 0.3) is 0 Å². The van der Waals surface area contributed by atoms with Crippen molar-refractivity contribution in [3.63, 3.8) is 0 Å². The smallest absolute Gasteiger partial charge is 0.244 e. The topological polar surface area (TPSA) is 72.0 Å². The van der Waals surface area contributed by atoms with Crippen LogP contribution in [0.5, 0.6) is 5.75 Å². The van der Waals surface area contributed by atoms with E-state index in [1.165, 1.54) is 5.56 Å². The van der Waals surface area contributed by atoms with E-state index in [1.54, 1.807) is 6.20 Å². The molecule has 0 atom stereocenters. The van der Waals surface area contributed by atoms with E-state index in [-0.39, 0.29) is 6.10 Å². The van der Waals surface area contributed by atoms with Crippen LogP contribution >= 0.6 is 0 Å². The first-order valence-corrected chi connectivity index (χ1v) is 9.21. The Balaban J connectivity index is 1.56. The first-order valence-electron chi connectivity index (χ1n) is 9.21. The Hall–Kier alpha value is -3.15. The third-order valence-electron chi connectivity index (χ3n) is 3.84. The standard InChI is InChI=1S/C21H25N5O/c1-16(2)27-19-13-7-6-12-18(19)24-20-15-23-26-21(25-20)22-14-8-11-17-9-4-3-5-10-17/h3-7,9-10,12-13,15-16H,8,11,14H2,1-2H3,(H2,22,24,25,26). The van der Waals surface area contributed by atoms with Gasteiger partial charge in [-0.1, -0.05) is 42.5 Å². The maximum atomic E-state index is 5.83. The van der Waals surface area contributed by atoms with Crippen molar-refractivity contribution in [2.24, 2.45) is 0 Å². The molecule has 0 aliphatic heterocycles. The largest absolute Gasteiger partial charge is 0.489 e. The van der Waals surface area contributed by atoms with Crippen LogP contribution in [-0.4, -0.2) is 27.8 Å². The molecule has 27 heavy (non-hydrogen) atoms. The van der Waals surface area contributed by atoms with Crippen molar-refractivity contribution >= 4 is 17.5 Å². The van der Waals surface area contributed by atoms with Crippen molar-refractivity contribution in [2.75, 3.05) is 17.2 Å². The molecule has 0 aliphatic carbocycles. The Morgan fingerprint density at radius 2 is 1.78 bits per heavy atom. The van der Waals surface area contributed by atoms with Crippen LogP contribution in [0.15, 0.2) is 60.8 Å². The number of nitrogens with one attached hydrogen (secondary N) is 2. The molecule has 1 heterocycles. The summed E-state index contributed by atoms with van der Waals surface area (Å²) in [4.78, 5) is 4.48. The number of hydrogen-bond acceptors (Lipinski definition) is 6. The molecule has 0 amide bonds. The summed E-state index contributed by atoms with van der Waals surface area (Å²) < 4.78 is 5.83. The van der Waals surface area contributed by atoms with E-state index in [0.717, 1.165) is 30.8 Å². The first-order chi connectivity index (χ1) is 13.2. The summed E-state index contributed by atoms with van der Waals surface area (Å²) in [5.41, 5.74) is 2.18. The quantitative estimate of drug-likeness (QED) is 0.547. The van der Waals surface area contributed by atoms with Crippen molar-refractivity contribution in [1.82, 2.24) is 15.2 Å². The van der Waals surface area contributed by atoms with Crippen LogP contribution in [0.3, 0.4) is 0 Å². The molecule has 0 radical (unpaired) electrons. The summed E-state index contributed by atoms with van der Waals surface area (Å²) in [5.74, 6) is 1.91. The van der Waals surface area contributed by atoms with Crippen molar-refractivity contribution in [3.8, 4) is 5.75 Å². The highest BCUT2D eigenvalue weighted by Crippen LogP contribution is 2.27. The van der Waals surface area contributed by atoms with Crippen molar-refractivity contribution in [2.45, 2.75) is 32.8 Å². The summed E-state index contributed by atoms with van der Waals surface area (Å²) in [6.07, 6.45) is 3.70. The van der Waals surface area contributed by atoms with Gasteiger partial charge in [-0.05, 0) is 44.4 Å². The minimum absolute atomic E-state index is 0.0957. The molecule has 0 unspecified atom stereocenters. The van der Waals surface area contributed by atoms with E-state index in [4.69, 9.17) is 4.74 Å². The van der Waals surface area contributed by atoms with Gasteiger partial charge in [0, 0.05) is 6.54 Å². The minimum atomic E-state index is 0.0957. The molecule has 2 N–H and O–H groups in total. The van der Waals surface area contributed by atoms with E-state index in [1.807, 2.05) is 44.2 Å². The Kier molecular flexibility index (Phi) is 6.57. The summed E-state index contributed by atoms with van der Waals surface area (Å²) in [6.45, 7) is 4.79. The second-order valence-electron chi connectivity index (χ2n) is 6.47. The van der Waals surface area contributed by atoms with Crippen LogP contribution in [0.2, 0.25) is 0 Å². The zero-order valence-electron chi connectivity index (χ0n) is 15.7. The molecule has 6 nitrogen and oxygen atoms in total. The maximum absolute atomic E-state index is 5.83. The lowest BCUT2D eigenvalue weighted by Gasteiger charge is -2.15. The number of rotatable bonds is 9. The number of aromatic nitrogens is 3. The Bertz CT molecular complexity index is 839. The third kappa shape index (κ3) is 5.95. The predicted octanol–water partition coefficient (Wildman–Crippen LogP) is 4.45. The average molecular weight is 363 g/mol. The highest BCUT2D eigenvalue weighted by atomic mass is 16.5. The summed E-state index contributed by atoms with van der Waals surface area (Å²) in [5, 5.41) is 14.6. The number of nitrogens with zero attached hydrogens (tertiary/aromatic N) is 3. The second kappa shape index (κ2) is 9.52. The minimum Gasteiger partial charge on any atom is -0.489 e. The van der Waals surface area contributed by atoms with Crippen molar-refractivity contribution in [1.29, 1.82) is 0 Å². The fraction of sp³-hybridized carbons (Fsp3) is 0.286. The molecule has 3 aromatic rings. The van der Waals surface area contributed by atoms with Gasteiger partial charge in [-0.2, -0.15) is 10.1 Å². The van der Waals surface area contributed by atoms with Crippen LogP contribution in [0.25, 0.3) is 0 Å². The number of hydrogen-bond donors (Lipinski definition) is 2. The number of para-hydroxylation sites is 2. The summed E-state index contributed by atoms with van der Waals surface area (Å²) in [6, 6.07) is 18.2. The monoisotopic (exact) mass is 363 g/mol. The SMILES string of the molecule is CC(C)Oc1ccccc1Nc1cnnc(NCCCc2ccccc2)n1. The van der Waals surface area contributed by atoms with E-state index >= 15 is 0 Å². The lowest BCUT2D eigenvalue weighted by atomic mass is 10.1. The maximum Gasteiger partial charge on any atom is 0.244 e. The molecule has 0 saturated heterocycles. The van der Waals surface area contributed by atoms with Crippen LogP contribution in [-0.2, 0) is 6.42 Å². The highest BCUT2D eigenvalue weighted by molar-refractivity contribution is 5.64. The molecule has 3 rings (SSSR count). The zero-order valence-corrected chi connectivity index (χ0v) is 15.7.